The summed E-state index contributed by atoms with van der Waals surface area (Å²) in [6.45, 7) is 10.6. The second kappa shape index (κ2) is 11.9. The van der Waals surface area contributed by atoms with Gasteiger partial charge in [-0.05, 0) is 56.5 Å². The van der Waals surface area contributed by atoms with Crippen molar-refractivity contribution < 1.29 is 0 Å². The molecule has 0 aromatic heterocycles. The SMILES string of the molecule is CCNC(=NCc1ccc(Cl)cc1)NCC(C)CN1CCCC1.I. The minimum absolute atomic E-state index is 0. The summed E-state index contributed by atoms with van der Waals surface area (Å²) >= 11 is 5.91. The largest absolute Gasteiger partial charge is 0.357 e. The summed E-state index contributed by atoms with van der Waals surface area (Å²) in [6.07, 6.45) is 2.71. The molecule has 4 nitrogen and oxygen atoms in total. The molecule has 1 aliphatic heterocycles. The highest BCUT2D eigenvalue weighted by Gasteiger charge is 2.14. The van der Waals surface area contributed by atoms with Gasteiger partial charge in [-0.25, -0.2) is 4.99 Å². The Hall–Kier alpha value is -0.530. The van der Waals surface area contributed by atoms with Crippen LogP contribution in [-0.2, 0) is 6.54 Å². The molecule has 2 N–H and O–H groups in total. The molecule has 136 valence electrons. The molecule has 1 aliphatic rings. The van der Waals surface area contributed by atoms with Gasteiger partial charge in [-0.1, -0.05) is 30.7 Å². The van der Waals surface area contributed by atoms with Crippen molar-refractivity contribution in [1.29, 1.82) is 0 Å². The van der Waals surface area contributed by atoms with Crippen molar-refractivity contribution in [3.8, 4) is 0 Å². The average Bonchev–Trinajstić information content (AvgIpc) is 3.04. The Bertz CT molecular complexity index is 486. The van der Waals surface area contributed by atoms with E-state index < -0.39 is 0 Å². The molecule has 1 aromatic carbocycles. The summed E-state index contributed by atoms with van der Waals surface area (Å²) in [5, 5.41) is 7.54. The van der Waals surface area contributed by atoms with E-state index in [2.05, 4.69) is 34.4 Å². The molecule has 1 atom stereocenters. The number of nitrogens with one attached hydrogen (secondary N) is 2. The van der Waals surface area contributed by atoms with E-state index in [0.717, 1.165) is 29.6 Å². The van der Waals surface area contributed by atoms with Crippen LogP contribution >= 0.6 is 35.6 Å². The van der Waals surface area contributed by atoms with Crippen molar-refractivity contribution >= 4 is 41.5 Å². The maximum atomic E-state index is 5.91. The summed E-state index contributed by atoms with van der Waals surface area (Å²) in [6, 6.07) is 7.85. The Morgan fingerprint density at radius 3 is 2.50 bits per heavy atom. The maximum absolute atomic E-state index is 5.91. The molecule has 1 fully saturated rings. The Balaban J connectivity index is 0.00000288. The lowest BCUT2D eigenvalue weighted by Crippen LogP contribution is -2.41. The average molecular weight is 465 g/mol. The van der Waals surface area contributed by atoms with Crippen LogP contribution in [0.25, 0.3) is 0 Å². The monoisotopic (exact) mass is 464 g/mol. The number of likely N-dealkylation sites (tertiary alicyclic amines) is 1. The predicted octanol–water partition coefficient (Wildman–Crippen LogP) is 3.75. The number of guanidine groups is 1. The smallest absolute Gasteiger partial charge is 0.191 e. The third-order valence-electron chi connectivity index (χ3n) is 4.06. The zero-order chi connectivity index (χ0) is 16.5. The molecular formula is C18H30ClIN4. The second-order valence-corrected chi connectivity index (χ2v) is 6.75. The number of nitrogens with zero attached hydrogens (tertiary/aromatic N) is 2. The number of hydrogen-bond donors (Lipinski definition) is 2. The fraction of sp³-hybridized carbons (Fsp3) is 0.611. The fourth-order valence-corrected chi connectivity index (χ4v) is 2.97. The minimum atomic E-state index is 0. The molecule has 24 heavy (non-hydrogen) atoms. The quantitative estimate of drug-likeness (QED) is 0.367. The molecule has 1 unspecified atom stereocenters. The van der Waals surface area contributed by atoms with E-state index in [4.69, 9.17) is 11.6 Å². The van der Waals surface area contributed by atoms with Crippen LogP contribution in [0.4, 0.5) is 0 Å². The van der Waals surface area contributed by atoms with Gasteiger partial charge < -0.3 is 15.5 Å². The number of halogens is 2. The van der Waals surface area contributed by atoms with Crippen molar-refractivity contribution in [2.24, 2.45) is 10.9 Å². The molecule has 2 rings (SSSR count). The van der Waals surface area contributed by atoms with Gasteiger partial charge in [0.2, 0.25) is 0 Å². The molecule has 0 spiro atoms. The molecule has 0 bridgehead atoms. The summed E-state index contributed by atoms with van der Waals surface area (Å²) in [7, 11) is 0. The van der Waals surface area contributed by atoms with Crippen molar-refractivity contribution in [3.05, 3.63) is 34.9 Å². The Morgan fingerprint density at radius 2 is 1.88 bits per heavy atom. The molecule has 6 heteroatoms. The minimum Gasteiger partial charge on any atom is -0.357 e. The highest BCUT2D eigenvalue weighted by molar-refractivity contribution is 14.0. The van der Waals surface area contributed by atoms with Crippen LogP contribution in [0.1, 0.15) is 32.3 Å². The van der Waals surface area contributed by atoms with Gasteiger partial charge in [0.15, 0.2) is 5.96 Å². The summed E-state index contributed by atoms with van der Waals surface area (Å²) < 4.78 is 0. The third-order valence-corrected chi connectivity index (χ3v) is 4.32. The zero-order valence-corrected chi connectivity index (χ0v) is 17.8. The predicted molar refractivity (Wildman–Crippen MR) is 115 cm³/mol. The Labute approximate surface area is 168 Å². The van der Waals surface area contributed by atoms with E-state index in [1.807, 2.05) is 24.3 Å². The molecular weight excluding hydrogens is 435 g/mol. The first-order valence-electron chi connectivity index (χ1n) is 8.66. The van der Waals surface area contributed by atoms with Gasteiger partial charge in [0.05, 0.1) is 6.54 Å². The van der Waals surface area contributed by atoms with Crippen LogP contribution < -0.4 is 10.6 Å². The van der Waals surface area contributed by atoms with Gasteiger partial charge in [-0.15, -0.1) is 24.0 Å². The maximum Gasteiger partial charge on any atom is 0.191 e. The van der Waals surface area contributed by atoms with E-state index >= 15 is 0 Å². The summed E-state index contributed by atoms with van der Waals surface area (Å²) in [4.78, 5) is 7.21. The lowest BCUT2D eigenvalue weighted by Gasteiger charge is -2.21. The number of hydrogen-bond acceptors (Lipinski definition) is 2. The van der Waals surface area contributed by atoms with Gasteiger partial charge in [0, 0.05) is 24.7 Å². The highest BCUT2D eigenvalue weighted by atomic mass is 127. The Morgan fingerprint density at radius 1 is 1.21 bits per heavy atom. The molecule has 0 radical (unpaired) electrons. The van der Waals surface area contributed by atoms with Gasteiger partial charge in [-0.2, -0.15) is 0 Å². The van der Waals surface area contributed by atoms with E-state index in [1.165, 1.54) is 32.5 Å². The van der Waals surface area contributed by atoms with Crippen LogP contribution in [0.15, 0.2) is 29.3 Å². The van der Waals surface area contributed by atoms with Crippen LogP contribution in [0.5, 0.6) is 0 Å². The van der Waals surface area contributed by atoms with Gasteiger partial charge in [0.1, 0.15) is 0 Å². The van der Waals surface area contributed by atoms with Crippen molar-refractivity contribution in [1.82, 2.24) is 15.5 Å². The third kappa shape index (κ3) is 8.03. The second-order valence-electron chi connectivity index (χ2n) is 6.32. The topological polar surface area (TPSA) is 39.7 Å². The van der Waals surface area contributed by atoms with E-state index in [-0.39, 0.29) is 24.0 Å². The van der Waals surface area contributed by atoms with E-state index in [9.17, 15) is 0 Å². The lowest BCUT2D eigenvalue weighted by molar-refractivity contribution is 0.287. The van der Waals surface area contributed by atoms with Crippen LogP contribution in [0.3, 0.4) is 0 Å². The van der Waals surface area contributed by atoms with E-state index in [0.29, 0.717) is 12.5 Å². The normalized spacial score (nSPS) is 16.5. The van der Waals surface area contributed by atoms with Crippen LogP contribution in [0, 0.1) is 5.92 Å². The van der Waals surface area contributed by atoms with Gasteiger partial charge in [-0.3, -0.25) is 0 Å². The number of benzene rings is 1. The Kier molecular flexibility index (Phi) is 10.7. The summed E-state index contributed by atoms with van der Waals surface area (Å²) in [5.41, 5.74) is 1.16. The number of aliphatic imine (C=N–C) groups is 1. The van der Waals surface area contributed by atoms with Crippen molar-refractivity contribution in [3.63, 3.8) is 0 Å². The van der Waals surface area contributed by atoms with E-state index in [1.54, 1.807) is 0 Å². The van der Waals surface area contributed by atoms with Crippen LogP contribution in [-0.4, -0.2) is 43.6 Å². The molecule has 0 amide bonds. The standard InChI is InChI=1S/C18H29ClN4.HI/c1-3-20-18(22-13-16-6-8-17(19)9-7-16)21-12-15(2)14-23-10-4-5-11-23;/h6-9,15H,3-5,10-14H2,1-2H3,(H2,20,21,22);1H. The van der Waals surface area contributed by atoms with Crippen LogP contribution in [0.2, 0.25) is 5.02 Å². The molecule has 1 heterocycles. The lowest BCUT2D eigenvalue weighted by atomic mass is 10.1. The first kappa shape index (κ1) is 21.5. The van der Waals surface area contributed by atoms with Gasteiger partial charge >= 0.3 is 0 Å². The van der Waals surface area contributed by atoms with Gasteiger partial charge in [0.25, 0.3) is 0 Å². The molecule has 1 aromatic rings. The first-order valence-corrected chi connectivity index (χ1v) is 9.04. The highest BCUT2D eigenvalue weighted by Crippen LogP contribution is 2.11. The fourth-order valence-electron chi connectivity index (χ4n) is 2.84. The number of rotatable bonds is 7. The summed E-state index contributed by atoms with van der Waals surface area (Å²) in [5.74, 6) is 1.50. The first-order chi connectivity index (χ1) is 11.2. The zero-order valence-electron chi connectivity index (χ0n) is 14.7. The molecule has 0 saturated carbocycles. The van der Waals surface area contributed by atoms with Crippen molar-refractivity contribution in [2.45, 2.75) is 33.2 Å². The molecule has 0 aliphatic carbocycles. The van der Waals surface area contributed by atoms with Crippen molar-refractivity contribution in [2.75, 3.05) is 32.7 Å². The molecule has 1 saturated heterocycles.